The summed E-state index contributed by atoms with van der Waals surface area (Å²) in [5.74, 6) is -0.812. The fraction of sp³-hybridized carbons (Fsp3) is 0.231. The van der Waals surface area contributed by atoms with Gasteiger partial charge in [-0.3, -0.25) is 10.1 Å². The normalized spacial score (nSPS) is 10.3. The highest BCUT2D eigenvalue weighted by Crippen LogP contribution is 2.25. The van der Waals surface area contributed by atoms with Crippen molar-refractivity contribution in [3.8, 4) is 11.4 Å². The van der Waals surface area contributed by atoms with Crippen LogP contribution in [0.3, 0.4) is 0 Å². The number of nitrogens with zero attached hydrogens (tertiary/aromatic N) is 3. The van der Waals surface area contributed by atoms with Gasteiger partial charge in [-0.1, -0.05) is 6.92 Å². The second kappa shape index (κ2) is 6.04. The molecule has 0 aliphatic heterocycles. The van der Waals surface area contributed by atoms with E-state index >= 15 is 0 Å². The van der Waals surface area contributed by atoms with Crippen LogP contribution in [-0.4, -0.2) is 32.2 Å². The van der Waals surface area contributed by atoms with Gasteiger partial charge in [0.2, 0.25) is 0 Å². The second-order valence-electron chi connectivity index (χ2n) is 4.26. The Kier molecular flexibility index (Phi) is 4.17. The topological polar surface area (TPSA) is 107 Å². The lowest BCUT2D eigenvalue weighted by atomic mass is 10.2. The van der Waals surface area contributed by atoms with Gasteiger partial charge in [-0.15, -0.1) is 0 Å². The van der Waals surface area contributed by atoms with Crippen LogP contribution in [-0.2, 0) is 0 Å². The quantitative estimate of drug-likeness (QED) is 0.646. The molecule has 0 bridgehead atoms. The molecule has 2 rings (SSSR count). The summed E-state index contributed by atoms with van der Waals surface area (Å²) in [5.41, 5.74) is 0.136. The molecule has 0 fully saturated rings. The summed E-state index contributed by atoms with van der Waals surface area (Å²) in [7, 11) is 0. The van der Waals surface area contributed by atoms with Gasteiger partial charge in [-0.25, -0.2) is 9.78 Å². The Balaban J connectivity index is 2.42. The average molecular weight is 291 g/mol. The number of benzene rings is 1. The zero-order valence-corrected chi connectivity index (χ0v) is 11.2. The van der Waals surface area contributed by atoms with Crippen molar-refractivity contribution in [3.63, 3.8) is 0 Å². The van der Waals surface area contributed by atoms with Crippen LogP contribution in [0.1, 0.15) is 23.8 Å². The Morgan fingerprint density at radius 3 is 2.81 bits per heavy atom. The molecule has 1 aromatic heterocycles. The van der Waals surface area contributed by atoms with Crippen LogP contribution in [0.4, 0.5) is 5.69 Å². The molecule has 0 unspecified atom stereocenters. The van der Waals surface area contributed by atoms with Crippen molar-refractivity contribution < 1.29 is 19.6 Å². The first-order valence-corrected chi connectivity index (χ1v) is 6.21. The van der Waals surface area contributed by atoms with Gasteiger partial charge >= 0.3 is 5.97 Å². The molecular weight excluding hydrogens is 278 g/mol. The molecule has 0 amide bonds. The Morgan fingerprint density at radius 2 is 2.24 bits per heavy atom. The molecule has 0 aliphatic rings. The molecule has 0 spiro atoms. The van der Waals surface area contributed by atoms with E-state index in [0.717, 1.165) is 6.42 Å². The van der Waals surface area contributed by atoms with E-state index in [1.165, 1.54) is 29.2 Å². The first kappa shape index (κ1) is 14.5. The van der Waals surface area contributed by atoms with Crippen LogP contribution in [0.25, 0.3) is 5.69 Å². The van der Waals surface area contributed by atoms with Gasteiger partial charge in [0.05, 0.1) is 23.3 Å². The lowest BCUT2D eigenvalue weighted by Gasteiger charge is -2.08. The number of nitro groups is 1. The summed E-state index contributed by atoms with van der Waals surface area (Å²) >= 11 is 0. The molecule has 0 atom stereocenters. The van der Waals surface area contributed by atoms with Gasteiger partial charge < -0.3 is 14.4 Å². The fourth-order valence-corrected chi connectivity index (χ4v) is 1.70. The van der Waals surface area contributed by atoms with Crippen molar-refractivity contribution >= 4 is 11.7 Å². The Labute approximate surface area is 119 Å². The van der Waals surface area contributed by atoms with E-state index in [1.807, 2.05) is 6.92 Å². The number of rotatable bonds is 6. The molecule has 0 saturated carbocycles. The van der Waals surface area contributed by atoms with Gasteiger partial charge in [0.15, 0.2) is 5.69 Å². The van der Waals surface area contributed by atoms with Crippen molar-refractivity contribution in [3.05, 3.63) is 46.5 Å². The first-order chi connectivity index (χ1) is 10.0. The van der Waals surface area contributed by atoms with Gasteiger partial charge in [0.25, 0.3) is 5.69 Å². The van der Waals surface area contributed by atoms with E-state index in [2.05, 4.69) is 4.98 Å². The summed E-state index contributed by atoms with van der Waals surface area (Å²) < 4.78 is 6.81. The molecule has 8 nitrogen and oxygen atoms in total. The molecule has 0 saturated heterocycles. The lowest BCUT2D eigenvalue weighted by molar-refractivity contribution is -0.384. The predicted molar refractivity (Wildman–Crippen MR) is 73.0 cm³/mol. The summed E-state index contributed by atoms with van der Waals surface area (Å²) in [6.07, 6.45) is 3.34. The lowest BCUT2D eigenvalue weighted by Crippen LogP contribution is -2.00. The minimum absolute atomic E-state index is 0.135. The summed E-state index contributed by atoms with van der Waals surface area (Å²) in [5, 5.41) is 19.8. The smallest absolute Gasteiger partial charge is 0.356 e. The van der Waals surface area contributed by atoms with Crippen LogP contribution >= 0.6 is 0 Å². The van der Waals surface area contributed by atoms with Crippen molar-refractivity contribution in [2.24, 2.45) is 0 Å². The highest BCUT2D eigenvalue weighted by atomic mass is 16.6. The number of hydrogen-bond acceptors (Lipinski definition) is 5. The Hall–Kier alpha value is -2.90. The third-order valence-corrected chi connectivity index (χ3v) is 2.66. The number of nitro benzene ring substituents is 1. The number of non-ortho nitro benzene ring substituents is 1. The van der Waals surface area contributed by atoms with Gasteiger partial charge in [0.1, 0.15) is 12.1 Å². The molecule has 1 N–H and O–H groups in total. The van der Waals surface area contributed by atoms with Gasteiger partial charge in [-0.05, 0) is 6.42 Å². The summed E-state index contributed by atoms with van der Waals surface area (Å²) in [6.45, 7) is 2.36. The zero-order chi connectivity index (χ0) is 15.4. The molecule has 0 aliphatic carbocycles. The minimum atomic E-state index is -1.17. The highest BCUT2D eigenvalue weighted by Gasteiger charge is 2.13. The molecule has 1 heterocycles. The Morgan fingerprint density at radius 1 is 1.48 bits per heavy atom. The van der Waals surface area contributed by atoms with E-state index in [1.54, 1.807) is 6.07 Å². The molecule has 2 aromatic rings. The van der Waals surface area contributed by atoms with Crippen LogP contribution in [0.2, 0.25) is 0 Å². The third kappa shape index (κ3) is 3.35. The average Bonchev–Trinajstić information content (AvgIpc) is 2.94. The van der Waals surface area contributed by atoms with E-state index < -0.39 is 10.9 Å². The van der Waals surface area contributed by atoms with Crippen LogP contribution < -0.4 is 4.74 Å². The third-order valence-electron chi connectivity index (χ3n) is 2.66. The molecule has 110 valence electrons. The number of aromatic nitrogens is 2. The number of ether oxygens (including phenoxy) is 1. The maximum Gasteiger partial charge on any atom is 0.356 e. The molecule has 0 radical (unpaired) electrons. The Bertz CT molecular complexity index is 680. The van der Waals surface area contributed by atoms with Crippen LogP contribution in [0.15, 0.2) is 30.7 Å². The zero-order valence-electron chi connectivity index (χ0n) is 11.2. The molecule has 8 heteroatoms. The summed E-state index contributed by atoms with van der Waals surface area (Å²) in [6, 6.07) is 4.25. The van der Waals surface area contributed by atoms with Gasteiger partial charge in [-0.2, -0.15) is 0 Å². The van der Waals surface area contributed by atoms with Gasteiger partial charge in [0, 0.05) is 18.3 Å². The largest absolute Gasteiger partial charge is 0.493 e. The van der Waals surface area contributed by atoms with Crippen molar-refractivity contribution in [1.82, 2.24) is 9.55 Å². The minimum Gasteiger partial charge on any atom is -0.493 e. The molecule has 1 aromatic carbocycles. The number of aromatic carboxylic acids is 1. The maximum absolute atomic E-state index is 11.0. The highest BCUT2D eigenvalue weighted by molar-refractivity contribution is 5.85. The second-order valence-corrected chi connectivity index (χ2v) is 4.26. The number of carbonyl (C=O) groups is 1. The number of carboxylic acids is 1. The van der Waals surface area contributed by atoms with E-state index in [9.17, 15) is 14.9 Å². The van der Waals surface area contributed by atoms with Crippen LogP contribution in [0.5, 0.6) is 5.75 Å². The molecule has 21 heavy (non-hydrogen) atoms. The van der Waals surface area contributed by atoms with E-state index in [0.29, 0.717) is 18.0 Å². The molecular formula is C13H13N3O5. The van der Waals surface area contributed by atoms with Crippen molar-refractivity contribution in [1.29, 1.82) is 0 Å². The standard InChI is InChI=1S/C13H13N3O5/c1-2-3-21-11-5-9(4-10(6-11)16(19)20)15-7-12(13(17)18)14-8-15/h4-8H,2-3H2,1H3,(H,17,18). The summed E-state index contributed by atoms with van der Waals surface area (Å²) in [4.78, 5) is 25.0. The number of carboxylic acid groups (broad SMARTS) is 1. The number of hydrogen-bond donors (Lipinski definition) is 1. The maximum atomic E-state index is 11.0. The SMILES string of the molecule is CCCOc1cc(-n2cnc(C(=O)O)c2)cc([N+](=O)[O-])c1. The van der Waals surface area contributed by atoms with Crippen molar-refractivity contribution in [2.45, 2.75) is 13.3 Å². The van der Waals surface area contributed by atoms with Crippen LogP contribution in [0, 0.1) is 10.1 Å². The first-order valence-electron chi connectivity index (χ1n) is 6.21. The number of imidazole rings is 1. The monoisotopic (exact) mass is 291 g/mol. The van der Waals surface area contributed by atoms with Crippen molar-refractivity contribution in [2.75, 3.05) is 6.61 Å². The van der Waals surface area contributed by atoms with E-state index in [4.69, 9.17) is 9.84 Å². The van der Waals surface area contributed by atoms with E-state index in [-0.39, 0.29) is 11.4 Å². The fourth-order valence-electron chi connectivity index (χ4n) is 1.70. The predicted octanol–water partition coefficient (Wildman–Crippen LogP) is 2.27.